The molecule has 13 nitrogen and oxygen atoms in total. The molecule has 1 amide bonds. The van der Waals surface area contributed by atoms with E-state index in [0.29, 0.717) is 10.6 Å². The maximum atomic E-state index is 13.7. The molecule has 7 N–H and O–H groups in total. The number of fused-ring (bicyclic) bond motifs is 3. The summed E-state index contributed by atoms with van der Waals surface area (Å²) in [4.78, 5) is 41.8. The number of halogens is 1. The number of primary amides is 1. The minimum Gasteiger partial charge on any atom is -0.508 e. The normalized spacial score (nSPS) is 24.7. The molecular formula is C29H32ClN3O10S. The van der Waals surface area contributed by atoms with Crippen molar-refractivity contribution < 1.29 is 47.8 Å². The number of aliphatic hydroxyl groups excluding tert-OH is 2. The third-order valence-corrected chi connectivity index (χ3v) is 9.29. The van der Waals surface area contributed by atoms with E-state index in [1.807, 2.05) is 19.0 Å². The summed E-state index contributed by atoms with van der Waals surface area (Å²) in [6.45, 7) is 0. The van der Waals surface area contributed by atoms with Crippen LogP contribution in [0.1, 0.15) is 17.5 Å². The van der Waals surface area contributed by atoms with Gasteiger partial charge in [-0.05, 0) is 74.8 Å². The highest BCUT2D eigenvalue weighted by Crippen LogP contribution is 2.53. The number of aliphatic hydroxyl groups is 3. The number of amides is 1. The van der Waals surface area contributed by atoms with Gasteiger partial charge < -0.3 is 31.1 Å². The molecule has 0 radical (unpaired) electrons. The van der Waals surface area contributed by atoms with Gasteiger partial charge in [0.05, 0.1) is 16.5 Å². The highest BCUT2D eigenvalue weighted by molar-refractivity contribution is 7.85. The second kappa shape index (κ2) is 11.5. The van der Waals surface area contributed by atoms with Crippen LogP contribution in [0.5, 0.6) is 5.75 Å². The first-order valence-electron chi connectivity index (χ1n) is 13.2. The number of carbonyl (C=O) groups excluding carboxylic acids is 3. The van der Waals surface area contributed by atoms with Crippen molar-refractivity contribution in [3.63, 3.8) is 0 Å². The minimum absolute atomic E-state index is 0.0638. The van der Waals surface area contributed by atoms with Crippen molar-refractivity contribution in [3.05, 3.63) is 69.5 Å². The SMILES string of the molecule is CN(C)c1ccc(O)c2c1CC1CC3[C@H](N(C)C)C(=O)C(C(N)=O)=C(O)[C@@]3(O)C(=O)C1=C2O.O=S(=O)(O)c1ccc(Cl)cc1. The molecule has 0 spiro atoms. The first-order valence-corrected chi connectivity index (χ1v) is 15.1. The molecular weight excluding hydrogens is 618 g/mol. The van der Waals surface area contributed by atoms with Crippen molar-refractivity contribution in [2.45, 2.75) is 29.4 Å². The zero-order chi connectivity index (χ0) is 33.0. The topological polar surface area (TPSA) is 219 Å². The molecule has 2 unspecified atom stereocenters. The van der Waals surface area contributed by atoms with Crippen LogP contribution >= 0.6 is 11.6 Å². The van der Waals surface area contributed by atoms with E-state index in [1.165, 1.54) is 35.2 Å². The standard InChI is InChI=1S/C23H27N3O7.C6H5ClO3S/c1-25(2)12-5-6-13(27)15-10(12)7-9-8-11-17(26(3)4)19(29)16(22(24)32)21(31)23(11,33)20(30)14(9)18(15)28;7-5-1-3-6(4-2-5)11(8,9)10/h5-6,9,11,17,27-28,31,33H,7-8H2,1-4H3,(H2,24,32);1-4H,(H,8,9,10)/t9?,11?,17-,23-;/m0./s1. The van der Waals surface area contributed by atoms with Gasteiger partial charge in [-0.15, -0.1) is 0 Å². The summed E-state index contributed by atoms with van der Waals surface area (Å²) >= 11 is 5.49. The molecule has 0 aromatic heterocycles. The predicted octanol–water partition coefficient (Wildman–Crippen LogP) is 1.62. The molecule has 236 valence electrons. The molecule has 15 heteroatoms. The third-order valence-electron chi connectivity index (χ3n) is 8.17. The second-order valence-corrected chi connectivity index (χ2v) is 13.1. The number of carbonyl (C=O) groups is 3. The van der Waals surface area contributed by atoms with Crippen molar-refractivity contribution in [3.8, 4) is 5.75 Å². The number of rotatable bonds is 4. The van der Waals surface area contributed by atoms with Gasteiger partial charge in [-0.25, -0.2) is 0 Å². The quantitative estimate of drug-likeness (QED) is 0.206. The van der Waals surface area contributed by atoms with Crippen molar-refractivity contribution in [2.24, 2.45) is 17.6 Å². The Kier molecular flexibility index (Phi) is 8.63. The number of likely N-dealkylation sites (N-methyl/N-ethyl adjacent to an activating group) is 1. The highest BCUT2D eigenvalue weighted by atomic mass is 35.5. The fraction of sp³-hybridized carbons (Fsp3) is 0.345. The predicted molar refractivity (Wildman–Crippen MR) is 160 cm³/mol. The molecule has 2 aromatic carbocycles. The number of phenols is 1. The Labute approximate surface area is 258 Å². The highest BCUT2D eigenvalue weighted by Gasteiger charge is 2.64. The van der Waals surface area contributed by atoms with Crippen LogP contribution in [-0.2, 0) is 30.9 Å². The molecule has 3 aliphatic carbocycles. The Bertz CT molecular complexity index is 1730. The maximum Gasteiger partial charge on any atom is 0.294 e. The molecule has 4 atom stereocenters. The number of ketones is 2. The lowest BCUT2D eigenvalue weighted by molar-refractivity contribution is -0.153. The number of hydrogen-bond acceptors (Lipinski definition) is 11. The largest absolute Gasteiger partial charge is 0.508 e. The van der Waals surface area contributed by atoms with E-state index in [-0.39, 0.29) is 34.6 Å². The number of benzene rings is 2. The summed E-state index contributed by atoms with van der Waals surface area (Å²) in [7, 11) is 2.67. The smallest absolute Gasteiger partial charge is 0.294 e. The Morgan fingerprint density at radius 2 is 1.61 bits per heavy atom. The number of Topliss-reactive ketones (excluding diaryl/α,β-unsaturated/α-hetero) is 2. The van der Waals surface area contributed by atoms with Gasteiger partial charge in [0, 0.05) is 36.3 Å². The van der Waals surface area contributed by atoms with E-state index in [4.69, 9.17) is 21.9 Å². The van der Waals surface area contributed by atoms with Crippen LogP contribution in [0, 0.1) is 11.8 Å². The van der Waals surface area contributed by atoms with Crippen LogP contribution < -0.4 is 10.6 Å². The van der Waals surface area contributed by atoms with Gasteiger partial charge >= 0.3 is 0 Å². The van der Waals surface area contributed by atoms with Crippen LogP contribution in [0.2, 0.25) is 5.02 Å². The van der Waals surface area contributed by atoms with E-state index in [9.17, 15) is 43.2 Å². The minimum atomic E-state index is -4.08. The van der Waals surface area contributed by atoms with Crippen LogP contribution in [0.4, 0.5) is 5.69 Å². The summed E-state index contributed by atoms with van der Waals surface area (Å²) < 4.78 is 29.4. The van der Waals surface area contributed by atoms with Crippen molar-refractivity contribution in [2.75, 3.05) is 33.1 Å². The van der Waals surface area contributed by atoms with Gasteiger partial charge in [0.1, 0.15) is 22.8 Å². The lowest BCUT2D eigenvalue weighted by Crippen LogP contribution is -2.65. The average molecular weight is 650 g/mol. The van der Waals surface area contributed by atoms with Gasteiger partial charge in [0.15, 0.2) is 11.4 Å². The molecule has 44 heavy (non-hydrogen) atoms. The van der Waals surface area contributed by atoms with Crippen LogP contribution in [0.3, 0.4) is 0 Å². The van der Waals surface area contributed by atoms with Crippen molar-refractivity contribution in [1.82, 2.24) is 4.90 Å². The molecule has 2 aromatic rings. The Balaban J connectivity index is 0.000000339. The van der Waals surface area contributed by atoms with E-state index >= 15 is 0 Å². The Morgan fingerprint density at radius 3 is 2.11 bits per heavy atom. The van der Waals surface area contributed by atoms with Gasteiger partial charge in [-0.2, -0.15) is 8.42 Å². The number of nitrogens with two attached hydrogens (primary N) is 1. The van der Waals surface area contributed by atoms with Gasteiger partial charge in [-0.3, -0.25) is 23.8 Å². The number of nitrogens with zero attached hydrogens (tertiary/aromatic N) is 2. The van der Waals surface area contributed by atoms with E-state index in [1.54, 1.807) is 20.2 Å². The molecule has 0 bridgehead atoms. The Hall–Kier alpha value is -3.95. The summed E-state index contributed by atoms with van der Waals surface area (Å²) in [6, 6.07) is 7.26. The van der Waals surface area contributed by atoms with Gasteiger partial charge in [0.25, 0.3) is 16.0 Å². The number of anilines is 1. The monoisotopic (exact) mass is 649 g/mol. The van der Waals surface area contributed by atoms with E-state index in [2.05, 4.69) is 0 Å². The summed E-state index contributed by atoms with van der Waals surface area (Å²) in [5.74, 6) is -6.54. The molecule has 0 saturated heterocycles. The summed E-state index contributed by atoms with van der Waals surface area (Å²) in [6.07, 6.45) is 0.324. The first-order chi connectivity index (χ1) is 20.3. The van der Waals surface area contributed by atoms with Gasteiger partial charge in [0.2, 0.25) is 5.78 Å². The summed E-state index contributed by atoms with van der Waals surface area (Å²) in [5, 5.41) is 44.3. The lowest BCUT2D eigenvalue weighted by Gasteiger charge is -2.50. The third kappa shape index (κ3) is 5.32. The fourth-order valence-electron chi connectivity index (χ4n) is 6.25. The van der Waals surface area contributed by atoms with Crippen LogP contribution in [0.25, 0.3) is 5.76 Å². The van der Waals surface area contributed by atoms with Crippen molar-refractivity contribution in [1.29, 1.82) is 0 Å². The molecule has 0 heterocycles. The van der Waals surface area contributed by atoms with Gasteiger partial charge in [-0.1, -0.05) is 11.6 Å². The molecule has 1 fully saturated rings. The average Bonchev–Trinajstić information content (AvgIpc) is 2.90. The van der Waals surface area contributed by atoms with Crippen LogP contribution in [0.15, 0.2) is 58.2 Å². The second-order valence-electron chi connectivity index (χ2n) is 11.2. The molecule has 5 rings (SSSR count). The Morgan fingerprint density at radius 1 is 1.02 bits per heavy atom. The lowest BCUT2D eigenvalue weighted by atomic mass is 9.57. The maximum absolute atomic E-state index is 13.7. The zero-order valence-electron chi connectivity index (χ0n) is 24.1. The van der Waals surface area contributed by atoms with Crippen molar-refractivity contribution >= 4 is 50.6 Å². The van der Waals surface area contributed by atoms with E-state index in [0.717, 1.165) is 5.69 Å². The number of aromatic hydroxyl groups is 1. The zero-order valence-corrected chi connectivity index (χ0v) is 25.7. The molecule has 0 aliphatic heterocycles. The van der Waals surface area contributed by atoms with Crippen LogP contribution in [-0.4, -0.2) is 95.6 Å². The molecule has 3 aliphatic rings. The number of phenolic OH excluding ortho intramolecular Hbond substituents is 1. The summed E-state index contributed by atoms with van der Waals surface area (Å²) in [5.41, 5.74) is 3.15. The number of hydrogen-bond donors (Lipinski definition) is 6. The molecule has 1 saturated carbocycles. The van der Waals surface area contributed by atoms with E-state index < -0.39 is 68.2 Å². The fourth-order valence-corrected chi connectivity index (χ4v) is 6.86. The first kappa shape index (κ1) is 33.0.